The lowest BCUT2D eigenvalue weighted by Crippen LogP contribution is -2.60. The zero-order valence-electron chi connectivity index (χ0n) is 9.52. The van der Waals surface area contributed by atoms with Gasteiger partial charge in [-0.15, -0.1) is 0 Å². The van der Waals surface area contributed by atoms with Crippen LogP contribution in [0.2, 0.25) is 0 Å². The molecule has 0 amide bonds. The highest BCUT2D eigenvalue weighted by Crippen LogP contribution is 2.21. The molecule has 2 atom stereocenters. The Labute approximate surface area is 95.5 Å². The van der Waals surface area contributed by atoms with Gasteiger partial charge in [0.25, 0.3) is 0 Å². The van der Waals surface area contributed by atoms with E-state index in [-0.39, 0.29) is 6.10 Å². The number of nitrogens with two attached hydrogens (primary N) is 1. The minimum Gasteiger partial charge on any atom is -0.480 e. The number of likely N-dealkylation sites (tertiary alicyclic amines) is 1. The average Bonchev–Trinajstić information content (AvgIpc) is 2.70. The smallest absolute Gasteiger partial charge is 0.325 e. The third-order valence-corrected chi connectivity index (χ3v) is 3.51. The fourth-order valence-electron chi connectivity index (χ4n) is 2.58. The molecule has 0 aromatic heterocycles. The molecule has 0 aromatic carbocycles. The third-order valence-electron chi connectivity index (χ3n) is 3.51. The van der Waals surface area contributed by atoms with Crippen molar-refractivity contribution in [2.45, 2.75) is 37.3 Å². The van der Waals surface area contributed by atoms with Crippen molar-refractivity contribution in [3.63, 3.8) is 0 Å². The van der Waals surface area contributed by atoms with E-state index in [4.69, 9.17) is 15.6 Å². The average molecular weight is 228 g/mol. The van der Waals surface area contributed by atoms with Crippen LogP contribution in [-0.4, -0.2) is 53.9 Å². The summed E-state index contributed by atoms with van der Waals surface area (Å²) in [6.07, 6.45) is 3.91. The van der Waals surface area contributed by atoms with E-state index in [0.717, 1.165) is 39.0 Å². The van der Waals surface area contributed by atoms with Crippen molar-refractivity contribution in [1.29, 1.82) is 0 Å². The molecule has 5 nitrogen and oxygen atoms in total. The fourth-order valence-corrected chi connectivity index (χ4v) is 2.58. The Morgan fingerprint density at radius 3 is 3.00 bits per heavy atom. The summed E-state index contributed by atoms with van der Waals surface area (Å²) in [5.74, 6) is -0.885. The van der Waals surface area contributed by atoms with Gasteiger partial charge in [0.2, 0.25) is 0 Å². The molecule has 2 aliphatic rings. The Hall–Kier alpha value is -0.650. The van der Waals surface area contributed by atoms with Crippen molar-refractivity contribution in [3.8, 4) is 0 Å². The zero-order valence-corrected chi connectivity index (χ0v) is 9.52. The van der Waals surface area contributed by atoms with Crippen LogP contribution in [0.5, 0.6) is 0 Å². The minimum atomic E-state index is -1.06. The largest absolute Gasteiger partial charge is 0.480 e. The summed E-state index contributed by atoms with van der Waals surface area (Å²) in [7, 11) is 0. The highest BCUT2D eigenvalue weighted by atomic mass is 16.5. The van der Waals surface area contributed by atoms with Crippen LogP contribution in [0.4, 0.5) is 0 Å². The Kier molecular flexibility index (Phi) is 3.47. The van der Waals surface area contributed by atoms with E-state index >= 15 is 0 Å². The van der Waals surface area contributed by atoms with Gasteiger partial charge >= 0.3 is 5.97 Å². The molecule has 2 heterocycles. The number of carbonyl (C=O) groups is 1. The van der Waals surface area contributed by atoms with Gasteiger partial charge < -0.3 is 15.6 Å². The summed E-state index contributed by atoms with van der Waals surface area (Å²) in [5.41, 5.74) is 4.83. The van der Waals surface area contributed by atoms with Crippen LogP contribution >= 0.6 is 0 Å². The maximum Gasteiger partial charge on any atom is 0.325 e. The van der Waals surface area contributed by atoms with Gasteiger partial charge in [-0.1, -0.05) is 0 Å². The molecule has 0 saturated carbocycles. The van der Waals surface area contributed by atoms with Gasteiger partial charge in [-0.05, 0) is 32.2 Å². The number of hydrogen-bond donors (Lipinski definition) is 2. The van der Waals surface area contributed by atoms with Gasteiger partial charge in [0.15, 0.2) is 0 Å². The van der Waals surface area contributed by atoms with Crippen LogP contribution in [0.1, 0.15) is 25.7 Å². The van der Waals surface area contributed by atoms with Gasteiger partial charge in [-0.2, -0.15) is 0 Å². The van der Waals surface area contributed by atoms with Crippen LogP contribution in [-0.2, 0) is 9.53 Å². The van der Waals surface area contributed by atoms with Crippen LogP contribution in [0.3, 0.4) is 0 Å². The van der Waals surface area contributed by atoms with Crippen molar-refractivity contribution in [1.82, 2.24) is 4.90 Å². The van der Waals surface area contributed by atoms with Crippen molar-refractivity contribution in [2.24, 2.45) is 5.73 Å². The van der Waals surface area contributed by atoms with Crippen LogP contribution in [0.25, 0.3) is 0 Å². The predicted molar refractivity (Wildman–Crippen MR) is 59.2 cm³/mol. The van der Waals surface area contributed by atoms with E-state index in [1.165, 1.54) is 0 Å². The summed E-state index contributed by atoms with van der Waals surface area (Å²) in [4.78, 5) is 13.2. The Bertz CT molecular complexity index is 266. The van der Waals surface area contributed by atoms with Crippen molar-refractivity contribution in [2.75, 3.05) is 26.2 Å². The molecule has 2 fully saturated rings. The minimum absolute atomic E-state index is 0.274. The molecule has 0 aromatic rings. The van der Waals surface area contributed by atoms with E-state index in [0.29, 0.717) is 13.0 Å². The first-order valence-corrected chi connectivity index (χ1v) is 5.96. The van der Waals surface area contributed by atoms with E-state index in [1.54, 1.807) is 0 Å². The second-order valence-corrected chi connectivity index (χ2v) is 4.93. The van der Waals surface area contributed by atoms with E-state index in [9.17, 15) is 4.79 Å². The standard InChI is InChI=1S/C11H20N2O3/c12-11(10(14)15)4-2-5-13(8-11)7-9-3-1-6-16-9/h9H,1-8,12H2,(H,14,15). The second-order valence-electron chi connectivity index (χ2n) is 4.93. The molecule has 2 rings (SSSR count). The van der Waals surface area contributed by atoms with Crippen molar-refractivity contribution < 1.29 is 14.6 Å². The predicted octanol–water partition coefficient (Wildman–Crippen LogP) is 0.0433. The lowest BCUT2D eigenvalue weighted by atomic mass is 9.90. The highest BCUT2D eigenvalue weighted by Gasteiger charge is 2.39. The van der Waals surface area contributed by atoms with Crippen LogP contribution in [0.15, 0.2) is 0 Å². The van der Waals surface area contributed by atoms with E-state index in [1.807, 2.05) is 0 Å². The summed E-state index contributed by atoms with van der Waals surface area (Å²) >= 11 is 0. The van der Waals surface area contributed by atoms with Gasteiger partial charge in [0, 0.05) is 19.7 Å². The molecule has 5 heteroatoms. The normalized spacial score (nSPS) is 36.4. The van der Waals surface area contributed by atoms with Gasteiger partial charge in [-0.25, -0.2) is 0 Å². The molecule has 92 valence electrons. The number of piperidine rings is 1. The fraction of sp³-hybridized carbons (Fsp3) is 0.909. The summed E-state index contributed by atoms with van der Waals surface area (Å²) < 4.78 is 5.55. The topological polar surface area (TPSA) is 75.8 Å². The van der Waals surface area contributed by atoms with Crippen LogP contribution in [0, 0.1) is 0 Å². The number of ether oxygens (including phenoxy) is 1. The summed E-state index contributed by atoms with van der Waals surface area (Å²) in [6, 6.07) is 0. The molecule has 2 unspecified atom stereocenters. The van der Waals surface area contributed by atoms with Gasteiger partial charge in [0.1, 0.15) is 5.54 Å². The SMILES string of the molecule is NC1(C(=O)O)CCCN(CC2CCCO2)C1. The molecular weight excluding hydrogens is 208 g/mol. The van der Waals surface area contributed by atoms with Gasteiger partial charge in [-0.3, -0.25) is 9.69 Å². The number of hydrogen-bond acceptors (Lipinski definition) is 4. The molecule has 0 bridgehead atoms. The molecule has 0 aliphatic carbocycles. The summed E-state index contributed by atoms with van der Waals surface area (Å²) in [5, 5.41) is 9.09. The Morgan fingerprint density at radius 2 is 2.38 bits per heavy atom. The first-order chi connectivity index (χ1) is 7.60. The number of rotatable bonds is 3. The molecule has 3 N–H and O–H groups in total. The molecule has 2 saturated heterocycles. The van der Waals surface area contributed by atoms with Crippen LogP contribution < -0.4 is 5.73 Å². The lowest BCUT2D eigenvalue weighted by molar-refractivity contribution is -0.145. The molecular formula is C11H20N2O3. The van der Waals surface area contributed by atoms with Crippen molar-refractivity contribution in [3.05, 3.63) is 0 Å². The second kappa shape index (κ2) is 4.69. The quantitative estimate of drug-likeness (QED) is 0.713. The lowest BCUT2D eigenvalue weighted by Gasteiger charge is -2.38. The number of carboxylic acid groups (broad SMARTS) is 1. The molecule has 2 aliphatic heterocycles. The monoisotopic (exact) mass is 228 g/mol. The van der Waals surface area contributed by atoms with E-state index < -0.39 is 11.5 Å². The first kappa shape index (κ1) is 11.8. The third kappa shape index (κ3) is 2.53. The Balaban J connectivity index is 1.88. The molecule has 16 heavy (non-hydrogen) atoms. The number of nitrogens with zero attached hydrogens (tertiary/aromatic N) is 1. The zero-order chi connectivity index (χ0) is 11.6. The highest BCUT2D eigenvalue weighted by molar-refractivity contribution is 5.78. The summed E-state index contributed by atoms with van der Waals surface area (Å²) in [6.45, 7) is 3.05. The Morgan fingerprint density at radius 1 is 1.56 bits per heavy atom. The number of aliphatic carboxylic acids is 1. The van der Waals surface area contributed by atoms with E-state index in [2.05, 4.69) is 4.90 Å². The van der Waals surface area contributed by atoms with Crippen molar-refractivity contribution >= 4 is 5.97 Å². The molecule has 0 radical (unpaired) electrons. The van der Waals surface area contributed by atoms with Gasteiger partial charge in [0.05, 0.1) is 6.10 Å². The number of carboxylic acids is 1. The maximum absolute atomic E-state index is 11.1. The first-order valence-electron chi connectivity index (χ1n) is 5.96. The molecule has 0 spiro atoms. The maximum atomic E-state index is 11.1.